The SMILES string of the molecule is C=CC(=O)OC(OC)C(O)CC(F)(F)C(F)(F)C(F)(F)C(F)(F)C(F)(F)C(F)(F)C(F)(C(F)(F)F)C(F)(F)F. The lowest BCUT2D eigenvalue weighted by Gasteiger charge is -2.45. The van der Waals surface area contributed by atoms with E-state index in [-0.39, 0.29) is 6.08 Å². The van der Waals surface area contributed by atoms with Crippen molar-refractivity contribution in [2.45, 2.75) is 72.4 Å². The number of carbonyl (C=O) groups excluding carboxylic acids is 1. The van der Waals surface area contributed by atoms with Crippen LogP contribution in [0.5, 0.6) is 0 Å². The smallest absolute Gasteiger partial charge is 0.430 e. The van der Waals surface area contributed by atoms with Crippen molar-refractivity contribution in [1.82, 2.24) is 0 Å². The van der Waals surface area contributed by atoms with Gasteiger partial charge in [0.25, 0.3) is 0 Å². The molecule has 0 aliphatic rings. The minimum Gasteiger partial charge on any atom is -0.430 e. The molecule has 2 unspecified atom stereocenters. The lowest BCUT2D eigenvalue weighted by molar-refractivity contribution is -0.472. The van der Waals surface area contributed by atoms with Gasteiger partial charge >= 0.3 is 59.5 Å². The van der Waals surface area contributed by atoms with Gasteiger partial charge in [0.1, 0.15) is 6.10 Å². The third-order valence-electron chi connectivity index (χ3n) is 4.66. The van der Waals surface area contributed by atoms with Crippen LogP contribution in [0, 0.1) is 0 Å². The summed E-state index contributed by atoms with van der Waals surface area (Å²) in [4.78, 5) is 10.9. The topological polar surface area (TPSA) is 55.8 Å². The zero-order valence-electron chi connectivity index (χ0n) is 18.0. The van der Waals surface area contributed by atoms with Gasteiger partial charge in [-0.1, -0.05) is 6.58 Å². The number of aliphatic hydroxyl groups excluding tert-OH is 1. The maximum atomic E-state index is 13.9. The molecule has 0 amide bonds. The van der Waals surface area contributed by atoms with Gasteiger partial charge in [0.2, 0.25) is 6.29 Å². The summed E-state index contributed by atoms with van der Waals surface area (Å²) in [6.45, 7) is 2.71. The number of hydrogen-bond donors (Lipinski definition) is 1. The molecule has 0 saturated heterocycles. The number of methoxy groups -OCH3 is 1. The normalized spacial score (nSPS) is 17.1. The molecule has 0 heterocycles. The molecule has 0 aliphatic heterocycles. The van der Waals surface area contributed by atoms with Crippen molar-refractivity contribution in [3.8, 4) is 0 Å². The van der Waals surface area contributed by atoms with Crippen molar-refractivity contribution < 1.29 is 103 Å². The molecule has 232 valence electrons. The number of aliphatic hydroxyl groups is 1. The first-order chi connectivity index (χ1) is 16.8. The molecular weight excluding hydrogens is 617 g/mol. The summed E-state index contributed by atoms with van der Waals surface area (Å²) in [6, 6.07) is 0. The third kappa shape index (κ3) is 5.43. The van der Waals surface area contributed by atoms with E-state index in [1.807, 2.05) is 0 Å². The Bertz CT molecular complexity index is 877. The summed E-state index contributed by atoms with van der Waals surface area (Å²) in [7, 11) is 0.344. The van der Waals surface area contributed by atoms with Crippen LogP contribution in [0.2, 0.25) is 0 Å². The average molecular weight is 628 g/mol. The number of halogens is 19. The fraction of sp³-hybridized carbons (Fsp3) is 0.812. The maximum Gasteiger partial charge on any atom is 0.438 e. The molecule has 4 nitrogen and oxygen atoms in total. The van der Waals surface area contributed by atoms with Gasteiger partial charge in [-0.05, 0) is 0 Å². The number of carbonyl (C=O) groups is 1. The first-order valence-corrected chi connectivity index (χ1v) is 8.93. The summed E-state index contributed by atoms with van der Waals surface area (Å²) in [5.74, 6) is -52.9. The van der Waals surface area contributed by atoms with Crippen LogP contribution in [-0.4, -0.2) is 84.1 Å². The van der Waals surface area contributed by atoms with Gasteiger partial charge in [-0.2, -0.15) is 79.0 Å². The third-order valence-corrected chi connectivity index (χ3v) is 4.66. The largest absolute Gasteiger partial charge is 0.438 e. The Kier molecular flexibility index (Phi) is 9.74. The molecule has 1 N–H and O–H groups in total. The van der Waals surface area contributed by atoms with Gasteiger partial charge in [-0.15, -0.1) is 0 Å². The minimum absolute atomic E-state index is 0.190. The van der Waals surface area contributed by atoms with Crippen LogP contribution in [0.1, 0.15) is 6.42 Å². The molecule has 2 atom stereocenters. The van der Waals surface area contributed by atoms with Crippen LogP contribution in [0.15, 0.2) is 12.7 Å². The zero-order chi connectivity index (χ0) is 32.1. The molecule has 0 saturated carbocycles. The van der Waals surface area contributed by atoms with E-state index >= 15 is 0 Å². The molecule has 0 rings (SSSR count). The van der Waals surface area contributed by atoms with Crippen molar-refractivity contribution in [2.75, 3.05) is 7.11 Å². The Labute approximate surface area is 202 Å². The van der Waals surface area contributed by atoms with Gasteiger partial charge in [-0.3, -0.25) is 0 Å². The number of rotatable bonds is 12. The highest BCUT2D eigenvalue weighted by atomic mass is 19.4. The quantitative estimate of drug-likeness (QED) is 0.123. The number of ether oxygens (including phenoxy) is 2. The maximum absolute atomic E-state index is 13.9. The summed E-state index contributed by atoms with van der Waals surface area (Å²) >= 11 is 0. The van der Waals surface area contributed by atoms with Gasteiger partial charge < -0.3 is 14.6 Å². The standard InChI is InChI=1S/C16H11F19O4/c1-3-6(37)39-7(38-2)5(36)4-8(17,18)10(20,21)12(24,25)14(28,29)13(26,27)11(22,23)9(19,15(30,31)32)16(33,34)35/h3,5,7,36H,1,4H2,2H3. The number of esters is 1. The summed E-state index contributed by atoms with van der Waals surface area (Å²) in [5.41, 5.74) is -8.83. The molecule has 0 aromatic rings. The Hall–Kier alpha value is -2.20. The fourth-order valence-corrected chi connectivity index (χ4v) is 2.49. The second kappa shape index (κ2) is 10.3. The monoisotopic (exact) mass is 628 g/mol. The first kappa shape index (κ1) is 36.8. The summed E-state index contributed by atoms with van der Waals surface area (Å²) < 4.78 is 261. The fourth-order valence-electron chi connectivity index (χ4n) is 2.49. The molecule has 39 heavy (non-hydrogen) atoms. The van der Waals surface area contributed by atoms with Crippen molar-refractivity contribution in [1.29, 1.82) is 0 Å². The molecule has 0 aliphatic carbocycles. The van der Waals surface area contributed by atoms with Crippen molar-refractivity contribution in [3.63, 3.8) is 0 Å². The molecule has 23 heteroatoms. The van der Waals surface area contributed by atoms with E-state index in [9.17, 15) is 93.3 Å². The van der Waals surface area contributed by atoms with E-state index in [0.29, 0.717) is 7.11 Å². The van der Waals surface area contributed by atoms with E-state index in [0.717, 1.165) is 0 Å². The highest BCUT2D eigenvalue weighted by Crippen LogP contribution is 2.66. The van der Waals surface area contributed by atoms with E-state index in [2.05, 4.69) is 16.1 Å². The molecule has 0 aromatic heterocycles. The Morgan fingerprint density at radius 1 is 0.692 bits per heavy atom. The van der Waals surface area contributed by atoms with Crippen LogP contribution in [0.4, 0.5) is 83.4 Å². The lowest BCUT2D eigenvalue weighted by atomic mass is 9.83. The highest BCUT2D eigenvalue weighted by Gasteiger charge is 2.98. The molecule has 0 fully saturated rings. The van der Waals surface area contributed by atoms with Crippen molar-refractivity contribution >= 4 is 5.97 Å². The van der Waals surface area contributed by atoms with E-state index in [1.165, 1.54) is 0 Å². The predicted molar refractivity (Wildman–Crippen MR) is 83.3 cm³/mol. The van der Waals surface area contributed by atoms with E-state index < -0.39 is 78.3 Å². The minimum atomic E-state index is -9.14. The predicted octanol–water partition coefficient (Wildman–Crippen LogP) is 6.08. The second-order valence-corrected chi connectivity index (χ2v) is 7.25. The van der Waals surface area contributed by atoms with Gasteiger partial charge in [0.05, 0.1) is 0 Å². The number of hydrogen-bond acceptors (Lipinski definition) is 4. The zero-order valence-corrected chi connectivity index (χ0v) is 18.0. The van der Waals surface area contributed by atoms with E-state index in [1.54, 1.807) is 0 Å². The molecule has 0 radical (unpaired) electrons. The van der Waals surface area contributed by atoms with Crippen LogP contribution in [0.25, 0.3) is 0 Å². The summed E-state index contributed by atoms with van der Waals surface area (Å²) in [6.07, 6.45) is -26.2. The van der Waals surface area contributed by atoms with Crippen LogP contribution < -0.4 is 0 Å². The van der Waals surface area contributed by atoms with Gasteiger partial charge in [-0.25, -0.2) is 9.18 Å². The lowest BCUT2D eigenvalue weighted by Crippen LogP contribution is -2.77. The molecular formula is C16H11F19O4. The van der Waals surface area contributed by atoms with Crippen molar-refractivity contribution in [2.24, 2.45) is 0 Å². The summed E-state index contributed by atoms with van der Waals surface area (Å²) in [5, 5.41) is 9.35. The Morgan fingerprint density at radius 3 is 1.33 bits per heavy atom. The van der Waals surface area contributed by atoms with E-state index in [4.69, 9.17) is 0 Å². The Morgan fingerprint density at radius 2 is 1.03 bits per heavy atom. The van der Waals surface area contributed by atoms with Crippen molar-refractivity contribution in [3.05, 3.63) is 12.7 Å². The van der Waals surface area contributed by atoms with Crippen LogP contribution in [-0.2, 0) is 14.3 Å². The molecule has 0 spiro atoms. The van der Waals surface area contributed by atoms with Crippen LogP contribution in [0.3, 0.4) is 0 Å². The van der Waals surface area contributed by atoms with Crippen LogP contribution >= 0.6 is 0 Å². The highest BCUT2D eigenvalue weighted by molar-refractivity contribution is 5.81. The van der Waals surface area contributed by atoms with Gasteiger partial charge in [0.15, 0.2) is 0 Å². The average Bonchev–Trinajstić information content (AvgIpc) is 2.73. The Balaban J connectivity index is 6.87. The van der Waals surface area contributed by atoms with Gasteiger partial charge in [0, 0.05) is 19.6 Å². The number of alkyl halides is 19. The second-order valence-electron chi connectivity index (χ2n) is 7.25. The molecule has 0 aromatic carbocycles. The molecule has 0 bridgehead atoms. The first-order valence-electron chi connectivity index (χ1n) is 8.93.